The number of nitrogens with one attached hydrogen (secondary N) is 1. The molecule has 29 heavy (non-hydrogen) atoms. The molecule has 0 amide bonds. The summed E-state index contributed by atoms with van der Waals surface area (Å²) in [5, 5.41) is 2.92. The quantitative estimate of drug-likeness (QED) is 0.433. The Labute approximate surface area is 176 Å². The fraction of sp³-hybridized carbons (Fsp3) is 0.136. The number of hydrogen-bond acceptors (Lipinski definition) is 6. The molecule has 1 atom stereocenters. The Hall–Kier alpha value is -2.90. The SMILES string of the molecule is COc1ccc2cc3c(nc2c1)SC(c1cc2ccc(OC)cc2[nH]c1=S)N=C3. The van der Waals surface area contributed by atoms with Crippen molar-refractivity contribution in [3.63, 3.8) is 0 Å². The van der Waals surface area contributed by atoms with E-state index in [1.165, 1.54) is 0 Å². The lowest BCUT2D eigenvalue weighted by Crippen LogP contribution is -2.04. The molecular formula is C22H17N3O2S2. The first-order valence-corrected chi connectivity index (χ1v) is 10.3. The van der Waals surface area contributed by atoms with Gasteiger partial charge in [-0.05, 0) is 41.8 Å². The normalized spacial score (nSPS) is 15.4. The van der Waals surface area contributed by atoms with Crippen molar-refractivity contribution in [3.05, 3.63) is 64.3 Å². The summed E-state index contributed by atoms with van der Waals surface area (Å²) in [6.07, 6.45) is 1.89. The van der Waals surface area contributed by atoms with E-state index >= 15 is 0 Å². The average Bonchev–Trinajstić information content (AvgIpc) is 2.76. The first-order chi connectivity index (χ1) is 14.1. The van der Waals surface area contributed by atoms with Gasteiger partial charge in [-0.1, -0.05) is 24.0 Å². The largest absolute Gasteiger partial charge is 0.497 e. The maximum absolute atomic E-state index is 5.63. The predicted molar refractivity (Wildman–Crippen MR) is 120 cm³/mol. The number of ether oxygens (including phenoxy) is 2. The van der Waals surface area contributed by atoms with Gasteiger partial charge >= 0.3 is 0 Å². The van der Waals surface area contributed by atoms with Crippen LogP contribution in [0.15, 0.2) is 58.5 Å². The van der Waals surface area contributed by atoms with E-state index in [0.29, 0.717) is 4.64 Å². The van der Waals surface area contributed by atoms with Gasteiger partial charge in [0.15, 0.2) is 0 Å². The number of methoxy groups -OCH3 is 2. The molecule has 2 aromatic carbocycles. The summed E-state index contributed by atoms with van der Waals surface area (Å²) >= 11 is 7.24. The number of fused-ring (bicyclic) bond motifs is 3. The van der Waals surface area contributed by atoms with Gasteiger partial charge in [-0.25, -0.2) is 4.98 Å². The van der Waals surface area contributed by atoms with Crippen molar-refractivity contribution in [2.24, 2.45) is 4.99 Å². The second kappa shape index (κ2) is 7.17. The lowest BCUT2D eigenvalue weighted by atomic mass is 10.1. The summed E-state index contributed by atoms with van der Waals surface area (Å²) in [6, 6.07) is 16.0. The smallest absolute Gasteiger partial charge is 0.129 e. The molecule has 0 spiro atoms. The second-order valence-electron chi connectivity index (χ2n) is 6.70. The maximum Gasteiger partial charge on any atom is 0.129 e. The molecule has 1 aliphatic heterocycles. The highest BCUT2D eigenvalue weighted by Crippen LogP contribution is 2.41. The van der Waals surface area contributed by atoms with E-state index in [4.69, 9.17) is 31.7 Å². The number of hydrogen-bond donors (Lipinski definition) is 1. The number of aromatic nitrogens is 2. The summed E-state index contributed by atoms with van der Waals surface area (Å²) in [5.74, 6) is 1.59. The Morgan fingerprint density at radius 3 is 2.52 bits per heavy atom. The molecule has 3 heterocycles. The Kier molecular flexibility index (Phi) is 4.49. The van der Waals surface area contributed by atoms with E-state index in [1.54, 1.807) is 26.0 Å². The first kappa shape index (κ1) is 18.1. The summed E-state index contributed by atoms with van der Waals surface area (Å²) in [5.41, 5.74) is 3.83. The highest BCUT2D eigenvalue weighted by Gasteiger charge is 2.21. The van der Waals surface area contributed by atoms with E-state index in [-0.39, 0.29) is 5.37 Å². The topological polar surface area (TPSA) is 59.5 Å². The third kappa shape index (κ3) is 3.26. The molecule has 144 valence electrons. The minimum atomic E-state index is -0.145. The summed E-state index contributed by atoms with van der Waals surface area (Å²) in [4.78, 5) is 12.9. The van der Waals surface area contributed by atoms with Crippen molar-refractivity contribution in [2.45, 2.75) is 10.4 Å². The van der Waals surface area contributed by atoms with Crippen molar-refractivity contribution in [2.75, 3.05) is 14.2 Å². The number of aliphatic imine (C=N–C) groups is 1. The molecule has 0 saturated carbocycles. The Morgan fingerprint density at radius 2 is 1.72 bits per heavy atom. The van der Waals surface area contributed by atoms with Gasteiger partial charge in [-0.15, -0.1) is 0 Å². The van der Waals surface area contributed by atoms with E-state index in [9.17, 15) is 0 Å². The van der Waals surface area contributed by atoms with Crippen molar-refractivity contribution in [1.82, 2.24) is 9.97 Å². The Balaban J connectivity index is 1.56. The molecular weight excluding hydrogens is 402 g/mol. The predicted octanol–water partition coefficient (Wildman–Crippen LogP) is 5.69. The van der Waals surface area contributed by atoms with E-state index in [2.05, 4.69) is 17.1 Å². The fourth-order valence-corrected chi connectivity index (χ4v) is 4.79. The zero-order valence-electron chi connectivity index (χ0n) is 15.8. The molecule has 5 rings (SSSR count). The van der Waals surface area contributed by atoms with Gasteiger partial charge in [-0.3, -0.25) is 4.99 Å². The van der Waals surface area contributed by atoms with Crippen LogP contribution >= 0.6 is 24.0 Å². The number of rotatable bonds is 3. The summed E-state index contributed by atoms with van der Waals surface area (Å²) < 4.78 is 11.3. The van der Waals surface area contributed by atoms with E-state index in [0.717, 1.165) is 49.5 Å². The Bertz CT molecular complexity index is 1350. The van der Waals surface area contributed by atoms with Gasteiger partial charge in [0.1, 0.15) is 26.5 Å². The summed E-state index contributed by atoms with van der Waals surface area (Å²) in [7, 11) is 3.31. The van der Waals surface area contributed by atoms with Gasteiger partial charge in [0, 0.05) is 34.9 Å². The maximum atomic E-state index is 5.63. The molecule has 2 aromatic heterocycles. The van der Waals surface area contributed by atoms with Gasteiger partial charge < -0.3 is 14.5 Å². The van der Waals surface area contributed by atoms with Crippen LogP contribution in [0.5, 0.6) is 11.5 Å². The zero-order chi connectivity index (χ0) is 20.0. The third-order valence-electron chi connectivity index (χ3n) is 4.94. The van der Waals surface area contributed by atoms with Crippen LogP contribution in [0, 0.1) is 4.64 Å². The molecule has 0 radical (unpaired) electrons. The van der Waals surface area contributed by atoms with Crippen molar-refractivity contribution in [3.8, 4) is 11.5 Å². The first-order valence-electron chi connectivity index (χ1n) is 9.04. The van der Waals surface area contributed by atoms with Crippen LogP contribution in [0.4, 0.5) is 0 Å². The van der Waals surface area contributed by atoms with Gasteiger partial charge in [-0.2, -0.15) is 0 Å². The van der Waals surface area contributed by atoms with Crippen LogP contribution < -0.4 is 9.47 Å². The number of aromatic amines is 1. The van der Waals surface area contributed by atoms with Crippen LogP contribution in [-0.2, 0) is 0 Å². The van der Waals surface area contributed by atoms with Crippen LogP contribution in [0.2, 0.25) is 0 Å². The zero-order valence-corrected chi connectivity index (χ0v) is 17.4. The van der Waals surface area contributed by atoms with Crippen LogP contribution in [0.25, 0.3) is 21.8 Å². The number of thioether (sulfide) groups is 1. The number of nitrogens with zero attached hydrogens (tertiary/aromatic N) is 2. The highest BCUT2D eigenvalue weighted by atomic mass is 32.2. The minimum absolute atomic E-state index is 0.145. The van der Waals surface area contributed by atoms with E-state index in [1.807, 2.05) is 42.6 Å². The van der Waals surface area contributed by atoms with Gasteiger partial charge in [0.2, 0.25) is 0 Å². The molecule has 1 aliphatic rings. The molecule has 0 saturated heterocycles. The fourth-order valence-electron chi connectivity index (χ4n) is 3.39. The molecule has 0 aliphatic carbocycles. The molecule has 0 bridgehead atoms. The molecule has 5 nitrogen and oxygen atoms in total. The van der Waals surface area contributed by atoms with Crippen LogP contribution in [0.3, 0.4) is 0 Å². The lowest BCUT2D eigenvalue weighted by molar-refractivity contribution is 0.415. The highest BCUT2D eigenvalue weighted by molar-refractivity contribution is 7.99. The average molecular weight is 420 g/mol. The van der Waals surface area contributed by atoms with Crippen molar-refractivity contribution in [1.29, 1.82) is 0 Å². The second-order valence-corrected chi connectivity index (χ2v) is 8.17. The molecule has 1 unspecified atom stereocenters. The van der Waals surface area contributed by atoms with Crippen molar-refractivity contribution < 1.29 is 9.47 Å². The standard InChI is InChI=1S/C22H17N3O2S2/c1-26-15-6-4-13-8-17(20(28)24-18(13)9-15)22-23-11-14-7-12-3-5-16(27-2)10-19(12)25-21(14)29-22/h3-11,22H,1-2H3,(H,24,28). The molecule has 4 aromatic rings. The molecule has 7 heteroatoms. The Morgan fingerprint density at radius 1 is 0.966 bits per heavy atom. The minimum Gasteiger partial charge on any atom is -0.497 e. The van der Waals surface area contributed by atoms with Gasteiger partial charge in [0.25, 0.3) is 0 Å². The number of benzene rings is 2. The van der Waals surface area contributed by atoms with Crippen LogP contribution in [0.1, 0.15) is 16.5 Å². The van der Waals surface area contributed by atoms with Gasteiger partial charge in [0.05, 0.1) is 25.3 Å². The third-order valence-corrected chi connectivity index (χ3v) is 6.42. The monoisotopic (exact) mass is 419 g/mol. The molecule has 0 fully saturated rings. The summed E-state index contributed by atoms with van der Waals surface area (Å²) in [6.45, 7) is 0. The number of H-pyrrole nitrogens is 1. The number of pyridine rings is 2. The van der Waals surface area contributed by atoms with E-state index < -0.39 is 0 Å². The van der Waals surface area contributed by atoms with Crippen molar-refractivity contribution >= 4 is 52.0 Å². The molecule has 1 N–H and O–H groups in total. The van der Waals surface area contributed by atoms with Crippen LogP contribution in [-0.4, -0.2) is 30.4 Å². The lowest BCUT2D eigenvalue weighted by Gasteiger charge is -2.19.